The largest absolute Gasteiger partial charge is 0.468 e. The Morgan fingerprint density at radius 3 is 2.57 bits per heavy atom. The lowest BCUT2D eigenvalue weighted by Crippen LogP contribution is -2.43. The van der Waals surface area contributed by atoms with Gasteiger partial charge in [0.2, 0.25) is 5.91 Å². The van der Waals surface area contributed by atoms with E-state index >= 15 is 0 Å². The monoisotopic (exact) mass is 316 g/mol. The highest BCUT2D eigenvalue weighted by atomic mass is 16.5. The van der Waals surface area contributed by atoms with Crippen molar-refractivity contribution in [3.63, 3.8) is 0 Å². The summed E-state index contributed by atoms with van der Waals surface area (Å²) in [7, 11) is 1.28. The van der Waals surface area contributed by atoms with Crippen molar-refractivity contribution in [3.05, 3.63) is 46.9 Å². The number of ether oxygens (including phenoxy) is 1. The van der Waals surface area contributed by atoms with Crippen molar-refractivity contribution in [1.82, 2.24) is 9.47 Å². The van der Waals surface area contributed by atoms with E-state index in [2.05, 4.69) is 4.74 Å². The summed E-state index contributed by atoms with van der Waals surface area (Å²) in [6, 6.07) is 8.84. The molecule has 0 aliphatic rings. The third-order valence-corrected chi connectivity index (χ3v) is 3.66. The lowest BCUT2D eigenvalue weighted by molar-refractivity contribution is -0.148. The first-order valence-corrected chi connectivity index (χ1v) is 7.38. The van der Waals surface area contributed by atoms with E-state index in [4.69, 9.17) is 0 Å². The summed E-state index contributed by atoms with van der Waals surface area (Å²) >= 11 is 0. The van der Waals surface area contributed by atoms with Gasteiger partial charge in [-0.05, 0) is 31.4 Å². The van der Waals surface area contributed by atoms with E-state index in [9.17, 15) is 14.4 Å². The number of rotatable bonds is 5. The van der Waals surface area contributed by atoms with Crippen molar-refractivity contribution in [1.29, 1.82) is 0 Å². The minimum atomic E-state index is -0.488. The molecule has 1 amide bonds. The normalized spacial score (nSPS) is 10.8. The molecule has 0 N–H and O–H groups in total. The smallest absolute Gasteiger partial charge is 0.325 e. The third kappa shape index (κ3) is 3.77. The Bertz CT molecular complexity index is 780. The number of esters is 1. The fraction of sp³-hybridized carbons (Fsp3) is 0.353. The number of fused-ring (bicyclic) bond motifs is 1. The van der Waals surface area contributed by atoms with Gasteiger partial charge < -0.3 is 14.2 Å². The lowest BCUT2D eigenvalue weighted by atomic mass is 10.2. The van der Waals surface area contributed by atoms with Gasteiger partial charge in [0.05, 0.1) is 7.11 Å². The average molecular weight is 316 g/mol. The molecule has 0 atom stereocenters. The minimum absolute atomic E-state index is 0.112. The van der Waals surface area contributed by atoms with E-state index in [1.54, 1.807) is 24.4 Å². The molecule has 0 spiro atoms. The highest BCUT2D eigenvalue weighted by molar-refractivity contribution is 5.84. The molecule has 0 aliphatic carbocycles. The molecule has 0 saturated carbocycles. The van der Waals surface area contributed by atoms with Crippen molar-refractivity contribution >= 4 is 22.6 Å². The first-order valence-electron chi connectivity index (χ1n) is 7.38. The van der Waals surface area contributed by atoms with Gasteiger partial charge in [-0.1, -0.05) is 18.2 Å². The zero-order valence-corrected chi connectivity index (χ0v) is 13.5. The van der Waals surface area contributed by atoms with Crippen molar-refractivity contribution < 1.29 is 14.3 Å². The van der Waals surface area contributed by atoms with Crippen molar-refractivity contribution in [2.75, 3.05) is 13.7 Å². The zero-order valence-electron chi connectivity index (χ0n) is 13.5. The van der Waals surface area contributed by atoms with E-state index in [1.165, 1.54) is 16.6 Å². The predicted octanol–water partition coefficient (Wildman–Crippen LogP) is 1.41. The number of carbonyl (C=O) groups is 2. The molecule has 23 heavy (non-hydrogen) atoms. The maximum absolute atomic E-state index is 12.5. The van der Waals surface area contributed by atoms with Crippen LogP contribution in [0.2, 0.25) is 0 Å². The van der Waals surface area contributed by atoms with Gasteiger partial charge in [0.1, 0.15) is 13.1 Å². The van der Waals surface area contributed by atoms with Gasteiger partial charge in [0, 0.05) is 17.6 Å². The number of hydrogen-bond donors (Lipinski definition) is 0. The van der Waals surface area contributed by atoms with Gasteiger partial charge in [-0.25, -0.2) is 0 Å². The summed E-state index contributed by atoms with van der Waals surface area (Å²) in [6.07, 6.45) is 1.60. The van der Waals surface area contributed by atoms with Crippen LogP contribution in [0.5, 0.6) is 0 Å². The Morgan fingerprint density at radius 2 is 1.91 bits per heavy atom. The highest BCUT2D eigenvalue weighted by Crippen LogP contribution is 2.08. The number of benzene rings is 1. The maximum Gasteiger partial charge on any atom is 0.325 e. The second-order valence-corrected chi connectivity index (χ2v) is 5.53. The Labute approximate surface area is 134 Å². The number of aromatic nitrogens is 1. The first-order chi connectivity index (χ1) is 10.9. The molecule has 6 heteroatoms. The summed E-state index contributed by atoms with van der Waals surface area (Å²) in [5.41, 5.74) is -0.224. The van der Waals surface area contributed by atoms with Crippen LogP contribution < -0.4 is 5.56 Å². The lowest BCUT2D eigenvalue weighted by Gasteiger charge is -2.25. The quantitative estimate of drug-likeness (QED) is 0.782. The summed E-state index contributed by atoms with van der Waals surface area (Å²) in [4.78, 5) is 37.7. The van der Waals surface area contributed by atoms with E-state index in [0.29, 0.717) is 5.39 Å². The van der Waals surface area contributed by atoms with Crippen LogP contribution in [0.4, 0.5) is 0 Å². The Morgan fingerprint density at radius 1 is 1.22 bits per heavy atom. The number of carbonyl (C=O) groups excluding carboxylic acids is 2. The second kappa shape index (κ2) is 7.09. The van der Waals surface area contributed by atoms with Gasteiger partial charge in [-0.15, -0.1) is 0 Å². The predicted molar refractivity (Wildman–Crippen MR) is 87.1 cm³/mol. The summed E-state index contributed by atoms with van der Waals surface area (Å²) in [5, 5.41) is 1.39. The number of hydrogen-bond acceptors (Lipinski definition) is 4. The molecule has 1 aromatic heterocycles. The molecule has 0 radical (unpaired) electrons. The molecule has 2 aromatic rings. The van der Waals surface area contributed by atoms with E-state index in [1.807, 2.05) is 26.0 Å². The molecule has 122 valence electrons. The summed E-state index contributed by atoms with van der Waals surface area (Å²) in [6.45, 7) is 3.38. The fourth-order valence-corrected chi connectivity index (χ4v) is 2.35. The SMILES string of the molecule is COC(=O)CN(C(=O)Cn1ccc2ccccc2c1=O)C(C)C. The molecule has 1 aromatic carbocycles. The van der Waals surface area contributed by atoms with Gasteiger partial charge >= 0.3 is 5.97 Å². The third-order valence-electron chi connectivity index (χ3n) is 3.66. The molecular formula is C17H20N2O4. The standard InChI is InChI=1S/C17H20N2O4/c1-12(2)19(11-16(21)23-3)15(20)10-18-9-8-13-6-4-5-7-14(13)17(18)22/h4-9,12H,10-11H2,1-3H3. The van der Waals surface area contributed by atoms with E-state index in [0.717, 1.165) is 5.39 Å². The molecule has 1 heterocycles. The van der Waals surface area contributed by atoms with Crippen LogP contribution in [-0.2, 0) is 20.9 Å². The molecule has 0 fully saturated rings. The van der Waals surface area contributed by atoms with E-state index in [-0.39, 0.29) is 30.6 Å². The minimum Gasteiger partial charge on any atom is -0.468 e. The zero-order chi connectivity index (χ0) is 17.0. The van der Waals surface area contributed by atoms with Crippen LogP contribution in [-0.4, -0.2) is 41.0 Å². The van der Waals surface area contributed by atoms with Crippen LogP contribution >= 0.6 is 0 Å². The van der Waals surface area contributed by atoms with Crippen molar-refractivity contribution in [2.24, 2.45) is 0 Å². The topological polar surface area (TPSA) is 68.6 Å². The van der Waals surface area contributed by atoms with E-state index < -0.39 is 5.97 Å². The molecule has 2 rings (SSSR count). The van der Waals surface area contributed by atoms with Crippen LogP contribution in [0.25, 0.3) is 10.8 Å². The molecule has 0 unspecified atom stereocenters. The fourth-order valence-electron chi connectivity index (χ4n) is 2.35. The Hall–Kier alpha value is -2.63. The van der Waals surface area contributed by atoms with Gasteiger partial charge in [0.15, 0.2) is 0 Å². The molecule has 0 bridgehead atoms. The van der Waals surface area contributed by atoms with Crippen LogP contribution in [0.1, 0.15) is 13.8 Å². The second-order valence-electron chi connectivity index (χ2n) is 5.53. The number of nitrogens with zero attached hydrogens (tertiary/aromatic N) is 2. The molecule has 0 aliphatic heterocycles. The number of methoxy groups -OCH3 is 1. The van der Waals surface area contributed by atoms with Crippen LogP contribution in [0.15, 0.2) is 41.3 Å². The summed E-state index contributed by atoms with van der Waals surface area (Å²) in [5.74, 6) is -0.791. The molecule has 6 nitrogen and oxygen atoms in total. The maximum atomic E-state index is 12.5. The van der Waals surface area contributed by atoms with Gasteiger partial charge in [-0.2, -0.15) is 0 Å². The van der Waals surface area contributed by atoms with Gasteiger partial charge in [0.25, 0.3) is 5.56 Å². The molecule has 0 saturated heterocycles. The highest BCUT2D eigenvalue weighted by Gasteiger charge is 2.21. The van der Waals surface area contributed by atoms with Crippen LogP contribution in [0, 0.1) is 0 Å². The first kappa shape index (κ1) is 16.7. The average Bonchev–Trinajstić information content (AvgIpc) is 2.54. The van der Waals surface area contributed by atoms with Crippen LogP contribution in [0.3, 0.4) is 0 Å². The van der Waals surface area contributed by atoms with Crippen molar-refractivity contribution in [2.45, 2.75) is 26.4 Å². The number of amides is 1. The molecular weight excluding hydrogens is 296 g/mol. The Kier molecular flexibility index (Phi) is 5.16. The Balaban J connectivity index is 2.26. The van der Waals surface area contributed by atoms with Crippen molar-refractivity contribution in [3.8, 4) is 0 Å². The number of pyridine rings is 1. The summed E-state index contributed by atoms with van der Waals surface area (Å²) < 4.78 is 5.97. The van der Waals surface area contributed by atoms with Gasteiger partial charge in [-0.3, -0.25) is 14.4 Å².